The Morgan fingerprint density at radius 1 is 1.06 bits per heavy atom. The maximum atomic E-state index is 12.8. The molecule has 1 N–H and O–H groups in total. The number of amides is 1. The van der Waals surface area contributed by atoms with Gasteiger partial charge in [0.05, 0.1) is 34.2 Å². The number of aryl methyl sites for hydroxylation is 2. The van der Waals surface area contributed by atoms with E-state index in [-0.39, 0.29) is 11.9 Å². The molecule has 0 aliphatic rings. The molecular formula is C26H26ClN3O2. The van der Waals surface area contributed by atoms with Gasteiger partial charge in [0, 0.05) is 0 Å². The summed E-state index contributed by atoms with van der Waals surface area (Å²) in [4.78, 5) is 17.6. The van der Waals surface area contributed by atoms with Gasteiger partial charge >= 0.3 is 0 Å². The fourth-order valence-electron chi connectivity index (χ4n) is 3.92. The molecule has 0 spiro atoms. The third kappa shape index (κ3) is 4.78. The molecule has 4 aromatic rings. The smallest absolute Gasteiger partial charge is 0.253 e. The minimum atomic E-state index is -0.313. The Balaban J connectivity index is 1.55. The second-order valence-electron chi connectivity index (χ2n) is 7.96. The van der Waals surface area contributed by atoms with Crippen LogP contribution in [0.4, 0.5) is 0 Å². The van der Waals surface area contributed by atoms with Crippen molar-refractivity contribution in [1.29, 1.82) is 0 Å². The van der Waals surface area contributed by atoms with Crippen molar-refractivity contribution in [3.63, 3.8) is 0 Å². The second-order valence-corrected chi connectivity index (χ2v) is 8.36. The topological polar surface area (TPSA) is 56.1 Å². The number of para-hydroxylation sites is 2. The van der Waals surface area contributed by atoms with Gasteiger partial charge in [-0.15, -0.1) is 0 Å². The van der Waals surface area contributed by atoms with Crippen LogP contribution in [0, 0.1) is 13.8 Å². The largest absolute Gasteiger partial charge is 0.492 e. The number of hydrogen-bond acceptors (Lipinski definition) is 3. The van der Waals surface area contributed by atoms with Crippen LogP contribution in [0.2, 0.25) is 5.02 Å². The molecule has 0 bridgehead atoms. The molecule has 1 unspecified atom stereocenters. The molecule has 32 heavy (non-hydrogen) atoms. The quantitative estimate of drug-likeness (QED) is 0.385. The molecule has 164 valence electrons. The fraction of sp³-hybridized carbons (Fsp3) is 0.231. The fourth-order valence-corrected chi connectivity index (χ4v) is 4.14. The van der Waals surface area contributed by atoms with Crippen LogP contribution < -0.4 is 10.1 Å². The van der Waals surface area contributed by atoms with Crippen LogP contribution in [0.25, 0.3) is 11.0 Å². The number of imidazole rings is 1. The number of aromatic nitrogens is 2. The highest BCUT2D eigenvalue weighted by atomic mass is 35.5. The molecule has 4 rings (SSSR count). The summed E-state index contributed by atoms with van der Waals surface area (Å²) in [5.41, 5.74) is 4.68. The van der Waals surface area contributed by atoms with Crippen molar-refractivity contribution >= 4 is 28.5 Å². The maximum absolute atomic E-state index is 12.8. The predicted molar refractivity (Wildman–Crippen MR) is 128 cm³/mol. The molecular weight excluding hydrogens is 422 g/mol. The van der Waals surface area contributed by atoms with Crippen LogP contribution >= 0.6 is 11.6 Å². The summed E-state index contributed by atoms with van der Waals surface area (Å²) in [7, 11) is 0. The van der Waals surface area contributed by atoms with Crippen molar-refractivity contribution in [3.05, 3.63) is 94.3 Å². The van der Waals surface area contributed by atoms with E-state index in [1.807, 2.05) is 43.3 Å². The lowest BCUT2D eigenvalue weighted by Gasteiger charge is -2.17. The average Bonchev–Trinajstić information content (AvgIpc) is 3.12. The lowest BCUT2D eigenvalue weighted by Crippen LogP contribution is -2.29. The van der Waals surface area contributed by atoms with Crippen LogP contribution in [-0.2, 0) is 6.54 Å². The standard InChI is InChI=1S/C26H26ClN3O2/c1-17-14-18(2)16-20(15-17)32-13-12-30-24-11-7-6-10-23(24)29-25(30)19(3)28-26(31)21-8-4-5-9-22(21)27/h4-11,14-16,19H,12-13H2,1-3H3,(H,28,31). The van der Waals surface area contributed by atoms with Crippen molar-refractivity contribution in [2.24, 2.45) is 0 Å². The summed E-state index contributed by atoms with van der Waals surface area (Å²) < 4.78 is 8.14. The number of ether oxygens (including phenoxy) is 1. The number of benzene rings is 3. The first kappa shape index (κ1) is 21.9. The summed E-state index contributed by atoms with van der Waals surface area (Å²) in [6.07, 6.45) is 0. The molecule has 0 aliphatic carbocycles. The van der Waals surface area contributed by atoms with Crippen LogP contribution in [0.1, 0.15) is 40.3 Å². The minimum absolute atomic E-state index is 0.229. The van der Waals surface area contributed by atoms with Crippen molar-refractivity contribution in [1.82, 2.24) is 14.9 Å². The summed E-state index contributed by atoms with van der Waals surface area (Å²) in [5.74, 6) is 1.40. The predicted octanol–water partition coefficient (Wildman–Crippen LogP) is 5.88. The van der Waals surface area contributed by atoms with Crippen LogP contribution in [0.3, 0.4) is 0 Å². The molecule has 1 atom stereocenters. The lowest BCUT2D eigenvalue weighted by molar-refractivity contribution is 0.0937. The van der Waals surface area contributed by atoms with Gasteiger partial charge in [-0.3, -0.25) is 4.79 Å². The van der Waals surface area contributed by atoms with E-state index >= 15 is 0 Å². The molecule has 0 radical (unpaired) electrons. The van der Waals surface area contributed by atoms with E-state index in [4.69, 9.17) is 21.3 Å². The zero-order valence-corrected chi connectivity index (χ0v) is 19.2. The highest BCUT2D eigenvalue weighted by Crippen LogP contribution is 2.23. The first-order valence-corrected chi connectivity index (χ1v) is 11.0. The van der Waals surface area contributed by atoms with Gasteiger partial charge in [-0.25, -0.2) is 4.98 Å². The average molecular weight is 448 g/mol. The maximum Gasteiger partial charge on any atom is 0.253 e. The monoisotopic (exact) mass is 447 g/mol. The van der Waals surface area contributed by atoms with Gasteiger partial charge in [-0.2, -0.15) is 0 Å². The number of fused-ring (bicyclic) bond motifs is 1. The van der Waals surface area contributed by atoms with E-state index in [0.29, 0.717) is 23.7 Å². The number of nitrogens with one attached hydrogen (secondary N) is 1. The highest BCUT2D eigenvalue weighted by Gasteiger charge is 2.20. The zero-order valence-electron chi connectivity index (χ0n) is 18.4. The third-order valence-corrected chi connectivity index (χ3v) is 5.65. The second kappa shape index (κ2) is 9.45. The number of halogens is 1. The van der Waals surface area contributed by atoms with Gasteiger partial charge in [0.2, 0.25) is 0 Å². The van der Waals surface area contributed by atoms with Gasteiger partial charge < -0.3 is 14.6 Å². The van der Waals surface area contributed by atoms with E-state index in [2.05, 4.69) is 29.8 Å². The Morgan fingerprint density at radius 2 is 1.75 bits per heavy atom. The van der Waals surface area contributed by atoms with Crippen LogP contribution in [-0.4, -0.2) is 22.1 Å². The first-order chi connectivity index (χ1) is 15.4. The number of carbonyl (C=O) groups excluding carboxylic acids is 1. The molecule has 1 aromatic heterocycles. The van der Waals surface area contributed by atoms with E-state index in [0.717, 1.165) is 22.6 Å². The molecule has 6 heteroatoms. The molecule has 3 aromatic carbocycles. The Hall–Kier alpha value is -3.31. The third-order valence-electron chi connectivity index (χ3n) is 5.32. The Labute approximate surface area is 193 Å². The van der Waals surface area contributed by atoms with Gasteiger partial charge in [-0.1, -0.05) is 41.9 Å². The Bertz CT molecular complexity index is 1240. The zero-order chi connectivity index (χ0) is 22.7. The van der Waals surface area contributed by atoms with Crippen molar-refractivity contribution in [2.75, 3.05) is 6.61 Å². The van der Waals surface area contributed by atoms with E-state index in [1.54, 1.807) is 24.3 Å². The van der Waals surface area contributed by atoms with Crippen LogP contribution in [0.5, 0.6) is 5.75 Å². The van der Waals surface area contributed by atoms with E-state index < -0.39 is 0 Å². The molecule has 0 fully saturated rings. The van der Waals surface area contributed by atoms with Gasteiger partial charge in [0.15, 0.2) is 0 Å². The molecule has 1 amide bonds. The Kier molecular flexibility index (Phi) is 6.47. The number of hydrogen-bond donors (Lipinski definition) is 1. The summed E-state index contributed by atoms with van der Waals surface area (Å²) in [6, 6.07) is 20.9. The number of carbonyl (C=O) groups is 1. The van der Waals surface area contributed by atoms with Crippen molar-refractivity contribution < 1.29 is 9.53 Å². The van der Waals surface area contributed by atoms with Crippen LogP contribution in [0.15, 0.2) is 66.7 Å². The molecule has 0 aliphatic heterocycles. The molecule has 1 heterocycles. The molecule has 0 saturated heterocycles. The first-order valence-electron chi connectivity index (χ1n) is 10.6. The van der Waals surface area contributed by atoms with Gasteiger partial charge in [0.1, 0.15) is 18.2 Å². The van der Waals surface area contributed by atoms with E-state index in [9.17, 15) is 4.79 Å². The highest BCUT2D eigenvalue weighted by molar-refractivity contribution is 6.33. The number of rotatable bonds is 7. The van der Waals surface area contributed by atoms with Gasteiger partial charge in [-0.05, 0) is 68.3 Å². The normalized spacial score (nSPS) is 12.0. The summed E-state index contributed by atoms with van der Waals surface area (Å²) in [5, 5.41) is 3.45. The van der Waals surface area contributed by atoms with Crippen molar-refractivity contribution in [2.45, 2.75) is 33.4 Å². The minimum Gasteiger partial charge on any atom is -0.492 e. The molecule has 5 nitrogen and oxygen atoms in total. The number of nitrogens with zero attached hydrogens (tertiary/aromatic N) is 2. The van der Waals surface area contributed by atoms with Crippen molar-refractivity contribution in [3.8, 4) is 5.75 Å². The lowest BCUT2D eigenvalue weighted by atomic mass is 10.1. The Morgan fingerprint density at radius 3 is 2.50 bits per heavy atom. The van der Waals surface area contributed by atoms with Gasteiger partial charge in [0.25, 0.3) is 5.91 Å². The van der Waals surface area contributed by atoms with E-state index in [1.165, 1.54) is 11.1 Å². The molecule has 0 saturated carbocycles. The summed E-state index contributed by atoms with van der Waals surface area (Å²) in [6.45, 7) is 7.14. The SMILES string of the molecule is Cc1cc(C)cc(OCCn2c(C(C)NC(=O)c3ccccc3Cl)nc3ccccc32)c1. The summed E-state index contributed by atoms with van der Waals surface area (Å²) >= 11 is 6.19.